The zero-order valence-electron chi connectivity index (χ0n) is 20.3. The first-order valence-corrected chi connectivity index (χ1v) is 13.5. The molecule has 0 radical (unpaired) electrons. The molecule has 3 aromatic carbocycles. The Hall–Kier alpha value is -3.80. The van der Waals surface area contributed by atoms with E-state index in [-0.39, 0.29) is 29.2 Å². The molecule has 2 heterocycles. The number of ether oxygens (including phenoxy) is 3. The van der Waals surface area contributed by atoms with Gasteiger partial charge in [0.25, 0.3) is 11.8 Å². The summed E-state index contributed by atoms with van der Waals surface area (Å²) in [7, 11) is -2.75. The van der Waals surface area contributed by atoms with Crippen molar-refractivity contribution in [3.8, 4) is 17.2 Å². The average molecular weight is 558 g/mol. The Morgan fingerprint density at radius 2 is 1.71 bits per heavy atom. The molecule has 0 aliphatic carbocycles. The molecular formula is C26H24ClN3O7S. The molecule has 0 aromatic heterocycles. The number of nitrogens with zero attached hydrogens (tertiary/aromatic N) is 1. The van der Waals surface area contributed by atoms with Crippen molar-refractivity contribution in [3.63, 3.8) is 0 Å². The van der Waals surface area contributed by atoms with E-state index in [1.165, 1.54) is 37.4 Å². The predicted octanol–water partition coefficient (Wildman–Crippen LogP) is 2.70. The molecule has 2 aliphatic rings. The topological polar surface area (TPSA) is 123 Å². The van der Waals surface area contributed by atoms with Crippen LogP contribution in [0.1, 0.15) is 21.5 Å². The minimum Gasteiger partial charge on any atom is -0.496 e. The number of sulfonamides is 1. The molecule has 0 spiro atoms. The Kier molecular flexibility index (Phi) is 7.15. The summed E-state index contributed by atoms with van der Waals surface area (Å²) >= 11 is 6.01. The maximum atomic E-state index is 13.8. The molecule has 38 heavy (non-hydrogen) atoms. The third-order valence-corrected chi connectivity index (χ3v) is 8.42. The van der Waals surface area contributed by atoms with Crippen molar-refractivity contribution in [3.05, 3.63) is 82.4 Å². The molecule has 2 N–H and O–H groups in total. The van der Waals surface area contributed by atoms with Gasteiger partial charge in [0, 0.05) is 17.6 Å². The average Bonchev–Trinajstić information content (AvgIpc) is 2.94. The molecule has 2 aliphatic heterocycles. The van der Waals surface area contributed by atoms with Crippen molar-refractivity contribution in [2.24, 2.45) is 0 Å². The number of carbonyl (C=O) groups excluding carboxylic acids is 2. The van der Waals surface area contributed by atoms with Crippen LogP contribution in [0.25, 0.3) is 0 Å². The second-order valence-corrected chi connectivity index (χ2v) is 11.0. The van der Waals surface area contributed by atoms with E-state index in [0.717, 1.165) is 15.4 Å². The summed E-state index contributed by atoms with van der Waals surface area (Å²) in [4.78, 5) is 26.1. The summed E-state index contributed by atoms with van der Waals surface area (Å²) in [6, 6.07) is 15.0. The van der Waals surface area contributed by atoms with Crippen LogP contribution in [0, 0.1) is 0 Å². The van der Waals surface area contributed by atoms with Crippen LogP contribution in [0.3, 0.4) is 0 Å². The van der Waals surface area contributed by atoms with Crippen LogP contribution in [0.5, 0.6) is 17.2 Å². The molecule has 0 saturated carbocycles. The van der Waals surface area contributed by atoms with Gasteiger partial charge >= 0.3 is 0 Å². The first kappa shape index (κ1) is 25.8. The fraction of sp³-hybridized carbons (Fsp3) is 0.231. The Bertz CT molecular complexity index is 1510. The maximum Gasteiger partial charge on any atom is 0.273 e. The number of benzene rings is 3. The first-order chi connectivity index (χ1) is 18.3. The molecule has 3 aromatic rings. The van der Waals surface area contributed by atoms with Gasteiger partial charge in [-0.05, 0) is 47.9 Å². The Morgan fingerprint density at radius 1 is 0.974 bits per heavy atom. The van der Waals surface area contributed by atoms with Gasteiger partial charge in [-0.15, -0.1) is 0 Å². The monoisotopic (exact) mass is 557 g/mol. The van der Waals surface area contributed by atoms with Gasteiger partial charge in [-0.25, -0.2) is 8.42 Å². The molecule has 0 saturated heterocycles. The second kappa shape index (κ2) is 10.5. The van der Waals surface area contributed by atoms with E-state index < -0.39 is 27.9 Å². The number of hydrogen-bond donors (Lipinski definition) is 2. The maximum absolute atomic E-state index is 13.8. The van der Waals surface area contributed by atoms with Crippen LogP contribution in [-0.4, -0.2) is 50.9 Å². The number of halogens is 1. The number of amides is 2. The largest absolute Gasteiger partial charge is 0.496 e. The summed E-state index contributed by atoms with van der Waals surface area (Å²) in [6.45, 7) is 0.647. The summed E-state index contributed by atoms with van der Waals surface area (Å²) in [6.07, 6.45) is 0.113. The van der Waals surface area contributed by atoms with Crippen LogP contribution < -0.4 is 25.1 Å². The molecule has 12 heteroatoms. The van der Waals surface area contributed by atoms with Crippen molar-refractivity contribution in [1.82, 2.24) is 15.2 Å². The number of carbonyl (C=O) groups is 2. The van der Waals surface area contributed by atoms with Crippen molar-refractivity contribution in [2.45, 2.75) is 23.9 Å². The van der Waals surface area contributed by atoms with E-state index in [1.54, 1.807) is 6.07 Å². The lowest BCUT2D eigenvalue weighted by Gasteiger charge is -2.35. The lowest BCUT2D eigenvalue weighted by atomic mass is 9.95. The zero-order chi connectivity index (χ0) is 26.9. The predicted molar refractivity (Wildman–Crippen MR) is 138 cm³/mol. The number of methoxy groups -OCH3 is 1. The summed E-state index contributed by atoms with van der Waals surface area (Å²) in [5.41, 5.74) is 6.43. The van der Waals surface area contributed by atoms with E-state index in [9.17, 15) is 18.0 Å². The Balaban J connectivity index is 1.42. The molecule has 0 fully saturated rings. The van der Waals surface area contributed by atoms with Crippen molar-refractivity contribution in [2.75, 3.05) is 20.3 Å². The molecular weight excluding hydrogens is 534 g/mol. The van der Waals surface area contributed by atoms with E-state index in [4.69, 9.17) is 25.8 Å². The van der Waals surface area contributed by atoms with Gasteiger partial charge in [-0.3, -0.25) is 20.4 Å². The van der Waals surface area contributed by atoms with Crippen LogP contribution in [-0.2, 0) is 27.8 Å². The smallest absolute Gasteiger partial charge is 0.273 e. The standard InChI is InChI=1S/C26H24ClN3O7S/c1-35-22-8-6-18(27)13-20(22)25(31)28-29-26(32)21-12-16-4-2-3-5-17(16)15-30(21)38(33,34)19-7-9-23-24(14-19)37-11-10-36-23/h2-9,13-14,21H,10-12,15H2,1H3,(H,28,31)(H,29,32)/t21-/m0/s1. The van der Waals surface area contributed by atoms with Gasteiger partial charge in [0.1, 0.15) is 25.0 Å². The highest BCUT2D eigenvalue weighted by atomic mass is 35.5. The van der Waals surface area contributed by atoms with Gasteiger partial charge in [-0.1, -0.05) is 35.9 Å². The fourth-order valence-corrected chi connectivity index (χ4v) is 6.17. The van der Waals surface area contributed by atoms with Gasteiger partial charge < -0.3 is 14.2 Å². The lowest BCUT2D eigenvalue weighted by Crippen LogP contribution is -2.56. The van der Waals surface area contributed by atoms with Crippen molar-refractivity contribution >= 4 is 33.4 Å². The van der Waals surface area contributed by atoms with E-state index >= 15 is 0 Å². The zero-order valence-corrected chi connectivity index (χ0v) is 21.8. The summed E-state index contributed by atoms with van der Waals surface area (Å²) in [5.74, 6) is -0.341. The number of nitrogens with one attached hydrogen (secondary N) is 2. The quantitative estimate of drug-likeness (QED) is 0.462. The number of hydrazine groups is 1. The highest BCUT2D eigenvalue weighted by molar-refractivity contribution is 7.89. The highest BCUT2D eigenvalue weighted by Gasteiger charge is 2.40. The molecule has 2 amide bonds. The SMILES string of the molecule is COc1ccc(Cl)cc1C(=O)NNC(=O)[C@@H]1Cc2ccccc2CN1S(=O)(=O)c1ccc2c(c1)OCCO2. The van der Waals surface area contributed by atoms with E-state index in [1.807, 2.05) is 24.3 Å². The van der Waals surface area contributed by atoms with Crippen LogP contribution >= 0.6 is 11.6 Å². The molecule has 10 nitrogen and oxygen atoms in total. The number of fused-ring (bicyclic) bond motifs is 2. The minimum absolute atomic E-state index is 0.0267. The first-order valence-electron chi connectivity index (χ1n) is 11.7. The third-order valence-electron chi connectivity index (χ3n) is 6.33. The van der Waals surface area contributed by atoms with E-state index in [2.05, 4.69) is 10.9 Å². The normalized spacial score (nSPS) is 16.7. The second-order valence-electron chi connectivity index (χ2n) is 8.63. The fourth-order valence-electron chi connectivity index (χ4n) is 4.42. The van der Waals surface area contributed by atoms with Crippen molar-refractivity contribution < 1.29 is 32.2 Å². The van der Waals surface area contributed by atoms with Crippen LogP contribution in [0.4, 0.5) is 0 Å². The third kappa shape index (κ3) is 5.00. The number of rotatable bonds is 5. The molecule has 5 rings (SSSR count). The Morgan fingerprint density at radius 3 is 2.47 bits per heavy atom. The van der Waals surface area contributed by atoms with Crippen LogP contribution in [0.2, 0.25) is 5.02 Å². The van der Waals surface area contributed by atoms with Gasteiger partial charge in [-0.2, -0.15) is 4.31 Å². The van der Waals surface area contributed by atoms with Gasteiger partial charge in [0.05, 0.1) is 17.6 Å². The van der Waals surface area contributed by atoms with Crippen LogP contribution in [0.15, 0.2) is 65.6 Å². The molecule has 198 valence electrons. The van der Waals surface area contributed by atoms with E-state index in [0.29, 0.717) is 29.7 Å². The number of hydrogen-bond acceptors (Lipinski definition) is 7. The molecule has 0 unspecified atom stereocenters. The van der Waals surface area contributed by atoms with Gasteiger partial charge in [0.15, 0.2) is 11.5 Å². The highest BCUT2D eigenvalue weighted by Crippen LogP contribution is 2.35. The lowest BCUT2D eigenvalue weighted by molar-refractivity contribution is -0.126. The summed E-state index contributed by atoms with van der Waals surface area (Å²) < 4.78 is 45.0. The molecule has 0 bridgehead atoms. The van der Waals surface area contributed by atoms with Crippen molar-refractivity contribution in [1.29, 1.82) is 0 Å². The molecule has 1 atom stereocenters. The van der Waals surface area contributed by atoms with Gasteiger partial charge in [0.2, 0.25) is 10.0 Å². The Labute approximate surface area is 224 Å². The minimum atomic E-state index is -4.15. The summed E-state index contributed by atoms with van der Waals surface area (Å²) in [5, 5.41) is 0.308.